The van der Waals surface area contributed by atoms with Gasteiger partial charge in [0.1, 0.15) is 5.82 Å². The van der Waals surface area contributed by atoms with E-state index in [4.69, 9.17) is 10.5 Å². The molecule has 2 nitrogen and oxygen atoms in total. The molecule has 0 radical (unpaired) electrons. The van der Waals surface area contributed by atoms with Crippen LogP contribution >= 0.6 is 0 Å². The molecule has 0 fully saturated rings. The molecule has 18 heavy (non-hydrogen) atoms. The Morgan fingerprint density at radius 1 is 1.06 bits per heavy atom. The van der Waals surface area contributed by atoms with Gasteiger partial charge >= 0.3 is 0 Å². The van der Waals surface area contributed by atoms with Crippen molar-refractivity contribution in [2.75, 3.05) is 0 Å². The lowest BCUT2D eigenvalue weighted by atomic mass is 9.98. The number of rotatable bonds is 2. The molecule has 2 aromatic rings. The van der Waals surface area contributed by atoms with Gasteiger partial charge in [-0.15, -0.1) is 0 Å². The summed E-state index contributed by atoms with van der Waals surface area (Å²) in [5.41, 5.74) is 10.3. The van der Waals surface area contributed by atoms with Crippen molar-refractivity contribution in [2.45, 2.75) is 19.8 Å². The third kappa shape index (κ3) is 1.92. The molecule has 0 unspecified atom stereocenters. The van der Waals surface area contributed by atoms with Gasteiger partial charge in [-0.1, -0.05) is 18.2 Å². The van der Waals surface area contributed by atoms with Gasteiger partial charge < -0.3 is 10.5 Å². The van der Waals surface area contributed by atoms with E-state index in [2.05, 4.69) is 0 Å². The van der Waals surface area contributed by atoms with Crippen molar-refractivity contribution in [1.82, 2.24) is 0 Å². The van der Waals surface area contributed by atoms with E-state index >= 15 is 0 Å². The first kappa shape index (κ1) is 11.4. The van der Waals surface area contributed by atoms with Crippen molar-refractivity contribution in [3.05, 3.63) is 58.9 Å². The Bertz CT molecular complexity index is 595. The second-order valence-corrected chi connectivity index (χ2v) is 4.49. The van der Waals surface area contributed by atoms with E-state index in [1.54, 1.807) is 6.07 Å². The van der Waals surface area contributed by atoms with Crippen molar-refractivity contribution in [3.63, 3.8) is 0 Å². The van der Waals surface area contributed by atoms with Crippen LogP contribution in [0, 0.1) is 5.82 Å². The highest BCUT2D eigenvalue weighted by Crippen LogP contribution is 2.29. The predicted octanol–water partition coefficient (Wildman–Crippen LogP) is 2.98. The fourth-order valence-electron chi connectivity index (χ4n) is 2.26. The van der Waals surface area contributed by atoms with Gasteiger partial charge in [-0.05, 0) is 40.5 Å². The van der Waals surface area contributed by atoms with Crippen LogP contribution in [0.2, 0.25) is 0 Å². The molecule has 0 atom stereocenters. The van der Waals surface area contributed by atoms with Crippen LogP contribution in [0.15, 0.2) is 36.4 Å². The van der Waals surface area contributed by atoms with E-state index in [1.807, 2.05) is 24.3 Å². The Morgan fingerprint density at radius 2 is 1.89 bits per heavy atom. The predicted molar refractivity (Wildman–Crippen MR) is 68.2 cm³/mol. The number of nitrogens with two attached hydrogens (primary N) is 1. The van der Waals surface area contributed by atoms with E-state index in [0.29, 0.717) is 25.3 Å². The van der Waals surface area contributed by atoms with Crippen LogP contribution in [0.4, 0.5) is 4.39 Å². The summed E-state index contributed by atoms with van der Waals surface area (Å²) in [6.45, 7) is 1.68. The van der Waals surface area contributed by atoms with Crippen molar-refractivity contribution in [3.8, 4) is 11.1 Å². The summed E-state index contributed by atoms with van der Waals surface area (Å²) in [4.78, 5) is 0. The van der Waals surface area contributed by atoms with Gasteiger partial charge in [0.2, 0.25) is 0 Å². The van der Waals surface area contributed by atoms with Crippen LogP contribution in [-0.2, 0) is 24.5 Å². The molecule has 0 aromatic heterocycles. The van der Waals surface area contributed by atoms with Crippen LogP contribution in [-0.4, -0.2) is 0 Å². The number of ether oxygens (including phenoxy) is 1. The third-order valence-corrected chi connectivity index (χ3v) is 3.30. The largest absolute Gasteiger partial charge is 0.372 e. The van der Waals surface area contributed by atoms with E-state index in [1.165, 1.54) is 11.6 Å². The molecule has 0 aliphatic carbocycles. The van der Waals surface area contributed by atoms with Crippen molar-refractivity contribution in [1.29, 1.82) is 0 Å². The Hall–Kier alpha value is -1.71. The summed E-state index contributed by atoms with van der Waals surface area (Å²) < 4.78 is 19.2. The van der Waals surface area contributed by atoms with Crippen molar-refractivity contribution < 1.29 is 9.13 Å². The molecule has 2 N–H and O–H groups in total. The molecule has 3 rings (SSSR count). The zero-order valence-electron chi connectivity index (χ0n) is 9.95. The molecular weight excluding hydrogens is 229 g/mol. The number of benzene rings is 2. The maximum absolute atomic E-state index is 13.9. The van der Waals surface area contributed by atoms with Crippen LogP contribution in [0.3, 0.4) is 0 Å². The molecule has 2 aromatic carbocycles. The summed E-state index contributed by atoms with van der Waals surface area (Å²) in [6.07, 6.45) is 0. The first-order valence-electron chi connectivity index (χ1n) is 5.96. The minimum Gasteiger partial charge on any atom is -0.372 e. The highest BCUT2D eigenvalue weighted by Gasteiger charge is 2.13. The molecule has 3 heteroatoms. The Morgan fingerprint density at radius 3 is 2.72 bits per heavy atom. The summed E-state index contributed by atoms with van der Waals surface area (Å²) in [5, 5.41) is 0. The lowest BCUT2D eigenvalue weighted by molar-refractivity contribution is 0.134. The average molecular weight is 243 g/mol. The summed E-state index contributed by atoms with van der Waals surface area (Å²) >= 11 is 0. The zero-order chi connectivity index (χ0) is 12.5. The molecule has 1 heterocycles. The van der Waals surface area contributed by atoms with Crippen molar-refractivity contribution >= 4 is 0 Å². The highest BCUT2D eigenvalue weighted by atomic mass is 19.1. The van der Waals surface area contributed by atoms with Gasteiger partial charge in [0, 0.05) is 12.1 Å². The van der Waals surface area contributed by atoms with E-state index in [-0.39, 0.29) is 5.82 Å². The van der Waals surface area contributed by atoms with Gasteiger partial charge in [-0.25, -0.2) is 4.39 Å². The molecule has 1 aliphatic heterocycles. The lowest BCUT2D eigenvalue weighted by Gasteiger charge is -2.07. The quantitative estimate of drug-likeness (QED) is 0.880. The smallest absolute Gasteiger partial charge is 0.131 e. The third-order valence-electron chi connectivity index (χ3n) is 3.30. The molecule has 0 saturated heterocycles. The SMILES string of the molecule is NCc1ccc(F)c(-c2ccc3c(c2)COC3)c1. The van der Waals surface area contributed by atoms with E-state index in [9.17, 15) is 4.39 Å². The number of hydrogen-bond acceptors (Lipinski definition) is 2. The number of fused-ring (bicyclic) bond motifs is 1. The lowest BCUT2D eigenvalue weighted by Crippen LogP contribution is -1.97. The van der Waals surface area contributed by atoms with Gasteiger partial charge in [0.25, 0.3) is 0 Å². The zero-order valence-corrected chi connectivity index (χ0v) is 9.95. The standard InChI is InChI=1S/C15H14FNO/c16-15-4-1-10(7-17)5-14(15)11-2-3-12-8-18-9-13(12)6-11/h1-6H,7-9,17H2. The average Bonchev–Trinajstić information content (AvgIpc) is 2.86. The van der Waals surface area contributed by atoms with Gasteiger partial charge in [-0.3, -0.25) is 0 Å². The monoisotopic (exact) mass is 243 g/mol. The minimum atomic E-state index is -0.217. The molecule has 0 spiro atoms. The first-order chi connectivity index (χ1) is 8.78. The first-order valence-corrected chi connectivity index (χ1v) is 5.96. The maximum Gasteiger partial charge on any atom is 0.131 e. The molecule has 0 saturated carbocycles. The van der Waals surface area contributed by atoms with Crippen LogP contribution in [0.5, 0.6) is 0 Å². The molecular formula is C15H14FNO. The topological polar surface area (TPSA) is 35.2 Å². The Labute approximate surface area is 105 Å². The van der Waals surface area contributed by atoms with Crippen LogP contribution in [0.25, 0.3) is 11.1 Å². The van der Waals surface area contributed by atoms with Gasteiger partial charge in [0.05, 0.1) is 13.2 Å². The minimum absolute atomic E-state index is 0.217. The molecule has 0 amide bonds. The number of halogens is 1. The molecule has 1 aliphatic rings. The Kier molecular flexibility index (Phi) is 2.86. The summed E-state index contributed by atoms with van der Waals surface area (Å²) in [7, 11) is 0. The van der Waals surface area contributed by atoms with Crippen LogP contribution < -0.4 is 5.73 Å². The normalized spacial score (nSPS) is 13.7. The maximum atomic E-state index is 13.9. The van der Waals surface area contributed by atoms with Crippen molar-refractivity contribution in [2.24, 2.45) is 5.73 Å². The van der Waals surface area contributed by atoms with Crippen LogP contribution in [0.1, 0.15) is 16.7 Å². The van der Waals surface area contributed by atoms with Gasteiger partial charge in [0.15, 0.2) is 0 Å². The summed E-state index contributed by atoms with van der Waals surface area (Å²) in [5.74, 6) is -0.217. The van der Waals surface area contributed by atoms with Gasteiger partial charge in [-0.2, -0.15) is 0 Å². The second kappa shape index (κ2) is 4.52. The second-order valence-electron chi connectivity index (χ2n) is 4.49. The molecule has 0 bridgehead atoms. The molecule has 92 valence electrons. The number of hydrogen-bond donors (Lipinski definition) is 1. The Balaban J connectivity index is 2.09. The fourth-order valence-corrected chi connectivity index (χ4v) is 2.26. The fraction of sp³-hybridized carbons (Fsp3) is 0.200. The highest BCUT2D eigenvalue weighted by molar-refractivity contribution is 5.66. The van der Waals surface area contributed by atoms with E-state index in [0.717, 1.165) is 16.7 Å². The van der Waals surface area contributed by atoms with E-state index < -0.39 is 0 Å². The summed E-state index contributed by atoms with van der Waals surface area (Å²) in [6, 6.07) is 10.9.